The monoisotopic (exact) mass is 278 g/mol. The van der Waals surface area contributed by atoms with Gasteiger partial charge in [-0.3, -0.25) is 0 Å². The SMILES string of the molecule is O=S(=O)(Oc1nnc2cccccc1-2)C(F)(F)F. The summed E-state index contributed by atoms with van der Waals surface area (Å²) >= 11 is 0. The first kappa shape index (κ1) is 12.6. The number of nitrogens with zero attached hydrogens (tertiary/aromatic N) is 2. The molecule has 9 heteroatoms. The molecule has 0 radical (unpaired) electrons. The van der Waals surface area contributed by atoms with Crippen molar-refractivity contribution >= 4 is 10.1 Å². The second kappa shape index (κ2) is 4.09. The average Bonchev–Trinajstić information content (AvgIpc) is 2.48. The van der Waals surface area contributed by atoms with Gasteiger partial charge in [-0.2, -0.15) is 21.6 Å². The molecule has 1 aliphatic carbocycles. The molecule has 0 spiro atoms. The van der Waals surface area contributed by atoms with E-state index >= 15 is 0 Å². The molecular formula is C9H5F3N2O3S. The van der Waals surface area contributed by atoms with Gasteiger partial charge >= 0.3 is 15.6 Å². The Labute approximate surface area is 99.7 Å². The Kier molecular flexibility index (Phi) is 2.85. The molecule has 2 rings (SSSR count). The smallest absolute Gasteiger partial charge is 0.353 e. The predicted molar refractivity (Wildman–Crippen MR) is 54.3 cm³/mol. The van der Waals surface area contributed by atoms with Crippen LogP contribution in [-0.4, -0.2) is 24.1 Å². The largest absolute Gasteiger partial charge is 0.534 e. The lowest BCUT2D eigenvalue weighted by atomic mass is 10.2. The molecule has 0 N–H and O–H groups in total. The molecule has 0 saturated heterocycles. The minimum absolute atomic E-state index is 0.0767. The van der Waals surface area contributed by atoms with E-state index in [2.05, 4.69) is 14.4 Å². The van der Waals surface area contributed by atoms with Crippen LogP contribution in [0.25, 0.3) is 11.3 Å². The van der Waals surface area contributed by atoms with Crippen molar-refractivity contribution in [3.8, 4) is 17.1 Å². The zero-order chi connectivity index (χ0) is 13.4. The molecule has 18 heavy (non-hydrogen) atoms. The molecule has 0 aromatic carbocycles. The first-order valence-corrected chi connectivity index (χ1v) is 5.94. The van der Waals surface area contributed by atoms with Crippen LogP contribution in [0.5, 0.6) is 5.88 Å². The number of rotatable bonds is 2. The van der Waals surface area contributed by atoms with Crippen molar-refractivity contribution in [3.63, 3.8) is 0 Å². The highest BCUT2D eigenvalue weighted by Crippen LogP contribution is 2.32. The van der Waals surface area contributed by atoms with Crippen LogP contribution in [0, 0.1) is 0 Å². The number of halogens is 3. The van der Waals surface area contributed by atoms with E-state index in [1.54, 1.807) is 12.1 Å². The number of hydrogen-bond acceptors (Lipinski definition) is 5. The molecule has 0 unspecified atom stereocenters. The molecule has 1 aliphatic heterocycles. The van der Waals surface area contributed by atoms with E-state index in [1.807, 2.05) is 0 Å². The van der Waals surface area contributed by atoms with Gasteiger partial charge in [-0.15, -0.1) is 10.2 Å². The van der Waals surface area contributed by atoms with E-state index in [0.717, 1.165) is 0 Å². The molecule has 0 bridgehead atoms. The van der Waals surface area contributed by atoms with E-state index in [0.29, 0.717) is 0 Å². The van der Waals surface area contributed by atoms with Crippen LogP contribution in [0.4, 0.5) is 13.2 Å². The maximum atomic E-state index is 12.1. The number of aromatic nitrogens is 2. The minimum Gasteiger partial charge on any atom is -0.353 e. The maximum Gasteiger partial charge on any atom is 0.534 e. The Morgan fingerprint density at radius 3 is 2.39 bits per heavy atom. The Balaban J connectivity index is 2.42. The quantitative estimate of drug-likeness (QED) is 0.619. The lowest BCUT2D eigenvalue weighted by Crippen LogP contribution is -2.28. The van der Waals surface area contributed by atoms with Gasteiger partial charge in [-0.1, -0.05) is 18.2 Å². The minimum atomic E-state index is -5.74. The number of hydrogen-bond donors (Lipinski definition) is 0. The summed E-state index contributed by atoms with van der Waals surface area (Å²) in [7, 11) is -5.74. The van der Waals surface area contributed by atoms with Crippen LogP contribution < -0.4 is 4.18 Å². The van der Waals surface area contributed by atoms with Gasteiger partial charge < -0.3 is 4.18 Å². The molecule has 0 aromatic rings. The van der Waals surface area contributed by atoms with Crippen molar-refractivity contribution in [2.45, 2.75) is 5.51 Å². The van der Waals surface area contributed by atoms with Crippen molar-refractivity contribution in [2.24, 2.45) is 0 Å². The van der Waals surface area contributed by atoms with E-state index in [4.69, 9.17) is 0 Å². The van der Waals surface area contributed by atoms with Gasteiger partial charge in [0.25, 0.3) is 5.88 Å². The summed E-state index contributed by atoms with van der Waals surface area (Å²) in [5, 5.41) is 6.79. The van der Waals surface area contributed by atoms with Gasteiger partial charge in [-0.25, -0.2) is 0 Å². The molecule has 0 atom stereocenters. The Hall–Kier alpha value is -1.90. The van der Waals surface area contributed by atoms with Gasteiger partial charge in [0, 0.05) is 0 Å². The normalized spacial score (nSPS) is 12.6. The van der Waals surface area contributed by atoms with Crippen LogP contribution >= 0.6 is 0 Å². The van der Waals surface area contributed by atoms with Gasteiger partial charge in [0.05, 0.1) is 11.3 Å². The summed E-state index contributed by atoms with van der Waals surface area (Å²) in [5.74, 6) is -0.696. The fourth-order valence-corrected chi connectivity index (χ4v) is 1.60. The molecule has 0 aromatic heterocycles. The Morgan fingerprint density at radius 1 is 1.06 bits per heavy atom. The van der Waals surface area contributed by atoms with Crippen LogP contribution in [-0.2, 0) is 10.1 Å². The molecule has 2 aliphatic rings. The summed E-state index contributed by atoms with van der Waals surface area (Å²) in [5.41, 5.74) is -5.20. The highest BCUT2D eigenvalue weighted by atomic mass is 32.2. The Bertz CT molecular complexity index is 642. The highest BCUT2D eigenvalue weighted by Gasteiger charge is 2.49. The van der Waals surface area contributed by atoms with E-state index in [-0.39, 0.29) is 11.3 Å². The van der Waals surface area contributed by atoms with Crippen molar-refractivity contribution in [1.82, 2.24) is 10.2 Å². The van der Waals surface area contributed by atoms with Crippen LogP contribution in [0.1, 0.15) is 0 Å². The van der Waals surface area contributed by atoms with Gasteiger partial charge in [0.1, 0.15) is 0 Å². The third-order valence-electron chi connectivity index (χ3n) is 1.97. The first-order valence-electron chi connectivity index (χ1n) is 4.53. The fraction of sp³-hybridized carbons (Fsp3) is 0.111. The second-order valence-corrected chi connectivity index (χ2v) is 4.74. The highest BCUT2D eigenvalue weighted by molar-refractivity contribution is 7.88. The summed E-state index contributed by atoms with van der Waals surface area (Å²) in [6.07, 6.45) is 0. The Morgan fingerprint density at radius 2 is 1.72 bits per heavy atom. The number of alkyl halides is 3. The van der Waals surface area contributed by atoms with Crippen molar-refractivity contribution in [3.05, 3.63) is 30.3 Å². The second-order valence-electron chi connectivity index (χ2n) is 3.20. The van der Waals surface area contributed by atoms with E-state index < -0.39 is 21.5 Å². The average molecular weight is 278 g/mol. The first-order chi connectivity index (χ1) is 8.31. The lowest BCUT2D eigenvalue weighted by molar-refractivity contribution is -0.0501. The molecular weight excluding hydrogens is 273 g/mol. The van der Waals surface area contributed by atoms with Crippen LogP contribution in [0.3, 0.4) is 0 Å². The molecule has 96 valence electrons. The summed E-state index contributed by atoms with van der Waals surface area (Å²) in [6, 6.07) is 7.51. The molecule has 0 amide bonds. The maximum absolute atomic E-state index is 12.1. The van der Waals surface area contributed by atoms with Crippen LogP contribution in [0.15, 0.2) is 30.3 Å². The van der Waals surface area contributed by atoms with Crippen molar-refractivity contribution in [2.75, 3.05) is 0 Å². The van der Waals surface area contributed by atoms with Crippen molar-refractivity contribution in [1.29, 1.82) is 0 Å². The molecule has 1 heterocycles. The third kappa shape index (κ3) is 2.21. The van der Waals surface area contributed by atoms with Gasteiger partial charge in [0.15, 0.2) is 0 Å². The topological polar surface area (TPSA) is 69.2 Å². The zero-order valence-corrected chi connectivity index (χ0v) is 9.36. The van der Waals surface area contributed by atoms with E-state index in [1.165, 1.54) is 18.2 Å². The molecule has 0 saturated carbocycles. The lowest BCUT2D eigenvalue weighted by Gasteiger charge is -2.07. The van der Waals surface area contributed by atoms with Crippen molar-refractivity contribution < 1.29 is 25.8 Å². The third-order valence-corrected chi connectivity index (χ3v) is 2.91. The fourth-order valence-electron chi connectivity index (χ4n) is 1.17. The zero-order valence-electron chi connectivity index (χ0n) is 8.55. The summed E-state index contributed by atoms with van der Waals surface area (Å²) in [6.45, 7) is 0. The number of fused-ring (bicyclic) bond motifs is 1. The predicted octanol–water partition coefficient (Wildman–Crippen LogP) is 1.81. The summed E-state index contributed by atoms with van der Waals surface area (Å²) < 4.78 is 62.0. The van der Waals surface area contributed by atoms with Gasteiger partial charge in [0.2, 0.25) is 0 Å². The molecule has 0 fully saturated rings. The molecule has 5 nitrogen and oxygen atoms in total. The standard InChI is InChI=1S/C9H5F3N2O3S/c10-9(11,12)18(15,16)17-8-6-4-2-1-3-5-7(6)13-14-8/h1-5H. The van der Waals surface area contributed by atoms with Crippen LogP contribution in [0.2, 0.25) is 0 Å². The van der Waals surface area contributed by atoms with Gasteiger partial charge in [-0.05, 0) is 12.1 Å². The van der Waals surface area contributed by atoms with E-state index in [9.17, 15) is 21.6 Å². The summed E-state index contributed by atoms with van der Waals surface area (Å²) in [4.78, 5) is 0.